The Hall–Kier alpha value is -1.68. The number of aromatic nitrogens is 2. The lowest BCUT2D eigenvalue weighted by molar-refractivity contribution is 0.358. The van der Waals surface area contributed by atoms with Crippen molar-refractivity contribution in [3.63, 3.8) is 0 Å². The Morgan fingerprint density at radius 3 is 2.88 bits per heavy atom. The van der Waals surface area contributed by atoms with Gasteiger partial charge in [-0.05, 0) is 19.4 Å². The van der Waals surface area contributed by atoms with Crippen LogP contribution in [0.25, 0.3) is 0 Å². The summed E-state index contributed by atoms with van der Waals surface area (Å²) in [5, 5.41) is 3.90. The largest absolute Gasteiger partial charge is 0.338 e. The van der Waals surface area contributed by atoms with Crippen molar-refractivity contribution in [2.24, 2.45) is 5.73 Å². The third-order valence-electron chi connectivity index (χ3n) is 2.32. The molecule has 0 fully saturated rings. The third-order valence-corrected chi connectivity index (χ3v) is 2.32. The molecule has 2 aromatic rings. The van der Waals surface area contributed by atoms with E-state index in [2.05, 4.69) is 35.3 Å². The molecule has 0 amide bonds. The van der Waals surface area contributed by atoms with Crippen molar-refractivity contribution in [3.05, 3.63) is 47.1 Å². The number of hydrogen-bond donors (Lipinski definition) is 1. The fourth-order valence-electron chi connectivity index (χ4n) is 1.53. The van der Waals surface area contributed by atoms with Gasteiger partial charge in [0.1, 0.15) is 0 Å². The molecule has 0 spiro atoms. The zero-order valence-electron chi connectivity index (χ0n) is 9.47. The monoisotopic (exact) mass is 217 g/mol. The quantitative estimate of drug-likeness (QED) is 0.853. The van der Waals surface area contributed by atoms with Gasteiger partial charge < -0.3 is 10.3 Å². The lowest BCUT2D eigenvalue weighted by Gasteiger charge is -1.98. The van der Waals surface area contributed by atoms with Crippen LogP contribution in [0.3, 0.4) is 0 Å². The van der Waals surface area contributed by atoms with Crippen LogP contribution in [0.1, 0.15) is 35.8 Å². The van der Waals surface area contributed by atoms with Crippen molar-refractivity contribution in [1.29, 1.82) is 0 Å². The Kier molecular flexibility index (Phi) is 3.01. The van der Waals surface area contributed by atoms with Crippen LogP contribution in [0, 0.1) is 6.92 Å². The standard InChI is InChI=1S/C12H15N3O/c1-8-4-3-5-10(6-8)7-11-14-12(9(2)13)16-15-11/h3-6,9H,7,13H2,1-2H3/t9-/m1/s1. The first-order chi connectivity index (χ1) is 7.65. The molecule has 2 rings (SSSR count). The summed E-state index contributed by atoms with van der Waals surface area (Å²) < 4.78 is 5.04. The Bertz CT molecular complexity index is 477. The molecule has 0 aliphatic carbocycles. The summed E-state index contributed by atoms with van der Waals surface area (Å²) in [7, 11) is 0. The molecule has 84 valence electrons. The van der Waals surface area contributed by atoms with Crippen molar-refractivity contribution in [3.8, 4) is 0 Å². The van der Waals surface area contributed by atoms with E-state index in [-0.39, 0.29) is 6.04 Å². The van der Waals surface area contributed by atoms with Gasteiger partial charge in [-0.15, -0.1) is 0 Å². The summed E-state index contributed by atoms with van der Waals surface area (Å²) in [5.74, 6) is 1.17. The highest BCUT2D eigenvalue weighted by Crippen LogP contribution is 2.11. The fraction of sp³-hybridized carbons (Fsp3) is 0.333. The SMILES string of the molecule is Cc1cccc(Cc2noc([C@@H](C)N)n2)c1. The van der Waals surface area contributed by atoms with Gasteiger partial charge in [0.25, 0.3) is 0 Å². The third kappa shape index (κ3) is 2.46. The van der Waals surface area contributed by atoms with Crippen molar-refractivity contribution in [2.45, 2.75) is 26.3 Å². The number of aryl methyl sites for hydroxylation is 1. The molecular formula is C12H15N3O. The minimum atomic E-state index is -0.209. The zero-order valence-corrected chi connectivity index (χ0v) is 9.47. The van der Waals surface area contributed by atoms with Crippen molar-refractivity contribution >= 4 is 0 Å². The second-order valence-corrected chi connectivity index (χ2v) is 4.00. The molecule has 1 aromatic carbocycles. The molecule has 0 saturated carbocycles. The first-order valence-electron chi connectivity index (χ1n) is 5.29. The number of nitrogens with two attached hydrogens (primary N) is 1. The van der Waals surface area contributed by atoms with Gasteiger partial charge in [-0.2, -0.15) is 4.98 Å². The minimum Gasteiger partial charge on any atom is -0.338 e. The molecule has 1 atom stereocenters. The Labute approximate surface area is 94.5 Å². The molecule has 1 aromatic heterocycles. The molecule has 1 heterocycles. The second kappa shape index (κ2) is 4.45. The number of nitrogens with zero attached hydrogens (tertiary/aromatic N) is 2. The molecule has 0 unspecified atom stereocenters. The van der Waals surface area contributed by atoms with Crippen LogP contribution < -0.4 is 5.73 Å². The lowest BCUT2D eigenvalue weighted by atomic mass is 10.1. The van der Waals surface area contributed by atoms with E-state index in [0.717, 1.165) is 0 Å². The fourth-order valence-corrected chi connectivity index (χ4v) is 1.53. The van der Waals surface area contributed by atoms with Crippen LogP contribution in [-0.4, -0.2) is 10.1 Å². The van der Waals surface area contributed by atoms with Crippen molar-refractivity contribution in [2.75, 3.05) is 0 Å². The molecule has 0 bridgehead atoms. The highest BCUT2D eigenvalue weighted by Gasteiger charge is 2.10. The van der Waals surface area contributed by atoms with Gasteiger partial charge in [0, 0.05) is 6.42 Å². The molecule has 4 nitrogen and oxygen atoms in total. The van der Waals surface area contributed by atoms with E-state index in [1.54, 1.807) is 0 Å². The van der Waals surface area contributed by atoms with Gasteiger partial charge in [0.05, 0.1) is 6.04 Å². The molecule has 2 N–H and O–H groups in total. The second-order valence-electron chi connectivity index (χ2n) is 4.00. The van der Waals surface area contributed by atoms with Gasteiger partial charge in [0.2, 0.25) is 5.89 Å². The van der Waals surface area contributed by atoms with Crippen molar-refractivity contribution in [1.82, 2.24) is 10.1 Å². The van der Waals surface area contributed by atoms with E-state index in [1.807, 2.05) is 13.0 Å². The summed E-state index contributed by atoms with van der Waals surface area (Å²) in [6, 6.07) is 8.04. The van der Waals surface area contributed by atoms with Gasteiger partial charge in [-0.1, -0.05) is 35.0 Å². The minimum absolute atomic E-state index is 0.209. The smallest absolute Gasteiger partial charge is 0.243 e. The molecule has 0 aliphatic rings. The summed E-state index contributed by atoms with van der Waals surface area (Å²) in [4.78, 5) is 4.23. The lowest BCUT2D eigenvalue weighted by Crippen LogP contribution is -2.05. The summed E-state index contributed by atoms with van der Waals surface area (Å²) in [6.45, 7) is 3.89. The molecule has 16 heavy (non-hydrogen) atoms. The Balaban J connectivity index is 2.14. The average Bonchev–Trinajstić information content (AvgIpc) is 2.66. The van der Waals surface area contributed by atoms with E-state index < -0.39 is 0 Å². The van der Waals surface area contributed by atoms with Gasteiger partial charge in [-0.3, -0.25) is 0 Å². The first kappa shape index (κ1) is 10.8. The van der Waals surface area contributed by atoms with E-state index in [4.69, 9.17) is 10.3 Å². The zero-order chi connectivity index (χ0) is 11.5. The maximum atomic E-state index is 5.65. The topological polar surface area (TPSA) is 64.9 Å². The van der Waals surface area contributed by atoms with Crippen LogP contribution >= 0.6 is 0 Å². The van der Waals surface area contributed by atoms with Crippen LogP contribution in [0.4, 0.5) is 0 Å². The Morgan fingerprint density at radius 1 is 1.44 bits per heavy atom. The molecule has 4 heteroatoms. The number of benzene rings is 1. The van der Waals surface area contributed by atoms with Gasteiger partial charge >= 0.3 is 0 Å². The summed E-state index contributed by atoms with van der Waals surface area (Å²) in [5.41, 5.74) is 8.06. The predicted molar refractivity (Wildman–Crippen MR) is 60.9 cm³/mol. The highest BCUT2D eigenvalue weighted by atomic mass is 16.5. The van der Waals surface area contributed by atoms with Crippen LogP contribution in [0.15, 0.2) is 28.8 Å². The first-order valence-corrected chi connectivity index (χ1v) is 5.29. The normalized spacial score (nSPS) is 12.7. The molecule has 0 saturated heterocycles. The van der Waals surface area contributed by atoms with Crippen LogP contribution in [0.2, 0.25) is 0 Å². The molecular weight excluding hydrogens is 202 g/mol. The molecule has 0 radical (unpaired) electrons. The van der Waals surface area contributed by atoms with E-state index in [1.165, 1.54) is 11.1 Å². The van der Waals surface area contributed by atoms with Crippen LogP contribution in [0.5, 0.6) is 0 Å². The number of hydrogen-bond acceptors (Lipinski definition) is 4. The van der Waals surface area contributed by atoms with E-state index >= 15 is 0 Å². The van der Waals surface area contributed by atoms with E-state index in [9.17, 15) is 0 Å². The maximum absolute atomic E-state index is 5.65. The van der Waals surface area contributed by atoms with Gasteiger partial charge in [0.15, 0.2) is 5.82 Å². The Morgan fingerprint density at radius 2 is 2.25 bits per heavy atom. The average molecular weight is 217 g/mol. The summed E-state index contributed by atoms with van der Waals surface area (Å²) in [6.07, 6.45) is 0.678. The van der Waals surface area contributed by atoms with Gasteiger partial charge in [-0.25, -0.2) is 0 Å². The van der Waals surface area contributed by atoms with Crippen LogP contribution in [-0.2, 0) is 6.42 Å². The van der Waals surface area contributed by atoms with E-state index in [0.29, 0.717) is 18.1 Å². The maximum Gasteiger partial charge on any atom is 0.243 e. The predicted octanol–water partition coefficient (Wildman–Crippen LogP) is 1.99. The molecule has 0 aliphatic heterocycles. The summed E-state index contributed by atoms with van der Waals surface area (Å²) >= 11 is 0. The number of rotatable bonds is 3. The van der Waals surface area contributed by atoms with Crippen molar-refractivity contribution < 1.29 is 4.52 Å². The highest BCUT2D eigenvalue weighted by molar-refractivity contribution is 5.24.